The van der Waals surface area contributed by atoms with Crippen molar-refractivity contribution in [3.63, 3.8) is 0 Å². The van der Waals surface area contributed by atoms with Gasteiger partial charge in [-0.2, -0.15) is 0 Å². The normalized spacial score (nSPS) is 34.2. The second kappa shape index (κ2) is 1.74. The molecule has 0 radical (unpaired) electrons. The molecule has 1 heterocycles. The number of rotatable bonds is 0. The summed E-state index contributed by atoms with van der Waals surface area (Å²) in [6.45, 7) is 6.08. The van der Waals surface area contributed by atoms with Crippen LogP contribution in [0.2, 0.25) is 0 Å². The molecule has 0 unspecified atom stereocenters. The van der Waals surface area contributed by atoms with Gasteiger partial charge in [0, 0.05) is 12.8 Å². The minimum absolute atomic E-state index is 0.149. The summed E-state index contributed by atoms with van der Waals surface area (Å²) in [4.78, 5) is 0. The van der Waals surface area contributed by atoms with Gasteiger partial charge in [0.2, 0.25) is 0 Å². The van der Waals surface area contributed by atoms with Gasteiger partial charge in [0.15, 0.2) is 5.79 Å². The minimum atomic E-state index is -0.149. The maximum atomic E-state index is 5.49. The maximum absolute atomic E-state index is 5.49. The molecule has 2 aliphatic rings. The molecular formula is C8H14O2. The first kappa shape index (κ1) is 6.62. The van der Waals surface area contributed by atoms with Crippen molar-refractivity contribution in [2.45, 2.75) is 32.5 Å². The van der Waals surface area contributed by atoms with Gasteiger partial charge in [-0.05, 0) is 5.41 Å². The first-order chi connectivity index (χ1) is 4.62. The van der Waals surface area contributed by atoms with Crippen molar-refractivity contribution < 1.29 is 9.47 Å². The molecule has 10 heavy (non-hydrogen) atoms. The summed E-state index contributed by atoms with van der Waals surface area (Å²) in [6.07, 6.45) is 2.14. The molecule has 0 aromatic heterocycles. The number of hydrogen-bond donors (Lipinski definition) is 0. The van der Waals surface area contributed by atoms with Crippen LogP contribution in [0, 0.1) is 5.41 Å². The maximum Gasteiger partial charge on any atom is 0.169 e. The van der Waals surface area contributed by atoms with Crippen LogP contribution in [0.3, 0.4) is 0 Å². The van der Waals surface area contributed by atoms with Crippen LogP contribution in [0.15, 0.2) is 0 Å². The van der Waals surface area contributed by atoms with Crippen LogP contribution < -0.4 is 0 Å². The van der Waals surface area contributed by atoms with Crippen molar-refractivity contribution in [1.29, 1.82) is 0 Å². The van der Waals surface area contributed by atoms with Gasteiger partial charge in [0.1, 0.15) is 0 Å². The highest BCUT2D eigenvalue weighted by Crippen LogP contribution is 2.52. The molecule has 58 valence electrons. The summed E-state index contributed by atoms with van der Waals surface area (Å²) in [7, 11) is 0. The highest BCUT2D eigenvalue weighted by Gasteiger charge is 2.53. The SMILES string of the molecule is CC1(C)CC2(C1)OCCO2. The standard InChI is InChI=1S/C8H14O2/c1-7(2)5-8(6-7)9-3-4-10-8/h3-6H2,1-2H3. The van der Waals surface area contributed by atoms with Crippen molar-refractivity contribution in [1.82, 2.24) is 0 Å². The minimum Gasteiger partial charge on any atom is -0.347 e. The summed E-state index contributed by atoms with van der Waals surface area (Å²) in [6, 6.07) is 0. The van der Waals surface area contributed by atoms with E-state index in [0.29, 0.717) is 5.41 Å². The third-order valence-electron chi connectivity index (χ3n) is 2.31. The largest absolute Gasteiger partial charge is 0.347 e. The van der Waals surface area contributed by atoms with Gasteiger partial charge >= 0.3 is 0 Å². The molecule has 2 rings (SSSR count). The Balaban J connectivity index is 1.98. The summed E-state index contributed by atoms with van der Waals surface area (Å²) in [5.41, 5.74) is 0.449. The van der Waals surface area contributed by atoms with E-state index in [1.165, 1.54) is 0 Å². The van der Waals surface area contributed by atoms with Gasteiger partial charge in [0.25, 0.3) is 0 Å². The van der Waals surface area contributed by atoms with Crippen LogP contribution >= 0.6 is 0 Å². The highest BCUT2D eigenvalue weighted by molar-refractivity contribution is 4.96. The molecule has 0 aromatic rings. The predicted molar refractivity (Wildman–Crippen MR) is 37.6 cm³/mol. The third-order valence-corrected chi connectivity index (χ3v) is 2.31. The molecule has 0 amide bonds. The first-order valence-corrected chi connectivity index (χ1v) is 3.90. The number of hydrogen-bond acceptors (Lipinski definition) is 2. The first-order valence-electron chi connectivity index (χ1n) is 3.90. The third kappa shape index (κ3) is 0.867. The lowest BCUT2D eigenvalue weighted by Crippen LogP contribution is -2.49. The molecule has 1 spiro atoms. The quantitative estimate of drug-likeness (QED) is 0.511. The molecule has 0 atom stereocenters. The van der Waals surface area contributed by atoms with Gasteiger partial charge in [-0.3, -0.25) is 0 Å². The second-order valence-electron chi connectivity index (χ2n) is 4.13. The van der Waals surface area contributed by atoms with E-state index in [4.69, 9.17) is 9.47 Å². The Morgan fingerprint density at radius 2 is 1.50 bits per heavy atom. The lowest BCUT2D eigenvalue weighted by atomic mass is 9.67. The second-order valence-corrected chi connectivity index (χ2v) is 4.13. The lowest BCUT2D eigenvalue weighted by Gasteiger charge is -2.48. The summed E-state index contributed by atoms with van der Waals surface area (Å²) in [5.74, 6) is -0.149. The molecule has 0 aromatic carbocycles. The monoisotopic (exact) mass is 142 g/mol. The van der Waals surface area contributed by atoms with Crippen LogP contribution in [0.25, 0.3) is 0 Å². The summed E-state index contributed by atoms with van der Waals surface area (Å²) < 4.78 is 11.0. The van der Waals surface area contributed by atoms with E-state index < -0.39 is 0 Å². The van der Waals surface area contributed by atoms with Gasteiger partial charge in [-0.15, -0.1) is 0 Å². The Kier molecular flexibility index (Phi) is 1.15. The van der Waals surface area contributed by atoms with Crippen molar-refractivity contribution in [2.24, 2.45) is 5.41 Å². The molecule has 2 fully saturated rings. The van der Waals surface area contributed by atoms with Crippen LogP contribution in [-0.2, 0) is 9.47 Å². The zero-order chi connectivity index (χ0) is 7.24. The topological polar surface area (TPSA) is 18.5 Å². The van der Waals surface area contributed by atoms with E-state index in [0.717, 1.165) is 26.1 Å². The predicted octanol–water partition coefficient (Wildman–Crippen LogP) is 1.55. The van der Waals surface area contributed by atoms with Crippen LogP contribution in [0.4, 0.5) is 0 Å². The Labute approximate surface area is 61.5 Å². The molecular weight excluding hydrogens is 128 g/mol. The van der Waals surface area contributed by atoms with E-state index in [1.807, 2.05) is 0 Å². The molecule has 2 heteroatoms. The van der Waals surface area contributed by atoms with Gasteiger partial charge in [-0.1, -0.05) is 13.8 Å². The summed E-state index contributed by atoms with van der Waals surface area (Å²) in [5, 5.41) is 0. The zero-order valence-corrected chi connectivity index (χ0v) is 6.64. The molecule has 0 N–H and O–H groups in total. The Bertz CT molecular complexity index is 135. The van der Waals surface area contributed by atoms with Crippen molar-refractivity contribution in [3.05, 3.63) is 0 Å². The lowest BCUT2D eigenvalue weighted by molar-refractivity contribution is -0.253. The van der Waals surface area contributed by atoms with E-state index >= 15 is 0 Å². The van der Waals surface area contributed by atoms with E-state index in [-0.39, 0.29) is 5.79 Å². The smallest absolute Gasteiger partial charge is 0.169 e. The Morgan fingerprint density at radius 3 is 1.90 bits per heavy atom. The average Bonchev–Trinajstić information content (AvgIpc) is 2.10. The van der Waals surface area contributed by atoms with Crippen LogP contribution in [0.5, 0.6) is 0 Å². The number of ether oxygens (including phenoxy) is 2. The Morgan fingerprint density at radius 1 is 1.00 bits per heavy atom. The molecule has 1 saturated carbocycles. The molecule has 1 aliphatic heterocycles. The van der Waals surface area contributed by atoms with Gasteiger partial charge < -0.3 is 9.47 Å². The fourth-order valence-corrected chi connectivity index (χ4v) is 2.11. The van der Waals surface area contributed by atoms with Crippen LogP contribution in [-0.4, -0.2) is 19.0 Å². The molecule has 1 saturated heterocycles. The molecule has 2 nitrogen and oxygen atoms in total. The van der Waals surface area contributed by atoms with E-state index in [1.54, 1.807) is 0 Å². The van der Waals surface area contributed by atoms with Crippen molar-refractivity contribution >= 4 is 0 Å². The van der Waals surface area contributed by atoms with Gasteiger partial charge in [0.05, 0.1) is 13.2 Å². The molecule has 0 bridgehead atoms. The van der Waals surface area contributed by atoms with Crippen molar-refractivity contribution in [3.8, 4) is 0 Å². The average molecular weight is 142 g/mol. The Hall–Kier alpha value is -0.0800. The fraction of sp³-hybridized carbons (Fsp3) is 1.00. The molecule has 1 aliphatic carbocycles. The van der Waals surface area contributed by atoms with Gasteiger partial charge in [-0.25, -0.2) is 0 Å². The van der Waals surface area contributed by atoms with E-state index in [2.05, 4.69) is 13.8 Å². The highest BCUT2D eigenvalue weighted by atomic mass is 16.7. The summed E-state index contributed by atoms with van der Waals surface area (Å²) >= 11 is 0. The zero-order valence-electron chi connectivity index (χ0n) is 6.64. The van der Waals surface area contributed by atoms with E-state index in [9.17, 15) is 0 Å². The van der Waals surface area contributed by atoms with Crippen molar-refractivity contribution in [2.75, 3.05) is 13.2 Å². The van der Waals surface area contributed by atoms with Crippen LogP contribution in [0.1, 0.15) is 26.7 Å². The fourth-order valence-electron chi connectivity index (χ4n) is 2.11.